The van der Waals surface area contributed by atoms with Gasteiger partial charge < -0.3 is 10.6 Å². The zero-order valence-corrected chi connectivity index (χ0v) is 11.0. The van der Waals surface area contributed by atoms with Gasteiger partial charge in [-0.25, -0.2) is 4.39 Å². The Morgan fingerprint density at radius 3 is 2.61 bits per heavy atom. The average Bonchev–Trinajstić information content (AvgIpc) is 2.36. The summed E-state index contributed by atoms with van der Waals surface area (Å²) >= 11 is 0. The van der Waals surface area contributed by atoms with E-state index in [2.05, 4.69) is 10.6 Å². The summed E-state index contributed by atoms with van der Waals surface area (Å²) in [6, 6.07) is 6.64. The minimum atomic E-state index is -0.223. The van der Waals surface area contributed by atoms with Crippen LogP contribution in [-0.2, 0) is 11.2 Å². The first-order valence-corrected chi connectivity index (χ1v) is 6.36. The van der Waals surface area contributed by atoms with E-state index in [9.17, 15) is 9.18 Å². The number of benzene rings is 1. The van der Waals surface area contributed by atoms with Gasteiger partial charge in [0.15, 0.2) is 0 Å². The van der Waals surface area contributed by atoms with Crippen molar-refractivity contribution in [1.82, 2.24) is 10.6 Å². The van der Waals surface area contributed by atoms with Gasteiger partial charge in [0.2, 0.25) is 5.91 Å². The Bertz CT molecular complexity index is 365. The quantitative estimate of drug-likeness (QED) is 0.727. The highest BCUT2D eigenvalue weighted by atomic mass is 19.1. The second kappa shape index (κ2) is 7.82. The predicted molar refractivity (Wildman–Crippen MR) is 70.9 cm³/mol. The molecule has 0 aliphatic carbocycles. The van der Waals surface area contributed by atoms with Crippen molar-refractivity contribution in [1.29, 1.82) is 0 Å². The zero-order chi connectivity index (χ0) is 13.4. The van der Waals surface area contributed by atoms with Gasteiger partial charge in [-0.05, 0) is 44.0 Å². The Morgan fingerprint density at radius 2 is 2.00 bits per heavy atom. The van der Waals surface area contributed by atoms with Crippen molar-refractivity contribution in [2.45, 2.75) is 32.7 Å². The monoisotopic (exact) mass is 252 g/mol. The molecule has 18 heavy (non-hydrogen) atoms. The van der Waals surface area contributed by atoms with Gasteiger partial charge in [-0.15, -0.1) is 0 Å². The molecular formula is C14H21FN2O. The molecule has 0 aliphatic heterocycles. The summed E-state index contributed by atoms with van der Waals surface area (Å²) in [6.45, 7) is 5.05. The van der Waals surface area contributed by atoms with Gasteiger partial charge in [-0.2, -0.15) is 0 Å². The lowest BCUT2D eigenvalue weighted by molar-refractivity contribution is -0.120. The predicted octanol–water partition coefficient (Wildman–Crippen LogP) is 1.87. The maximum absolute atomic E-state index is 12.7. The van der Waals surface area contributed by atoms with E-state index in [-0.39, 0.29) is 17.8 Å². The van der Waals surface area contributed by atoms with E-state index >= 15 is 0 Å². The molecule has 1 unspecified atom stereocenters. The summed E-state index contributed by atoms with van der Waals surface area (Å²) in [5, 5.41) is 5.96. The second-order valence-corrected chi connectivity index (χ2v) is 4.43. The topological polar surface area (TPSA) is 41.1 Å². The third-order valence-corrected chi connectivity index (χ3v) is 2.81. The van der Waals surface area contributed by atoms with Crippen molar-refractivity contribution >= 4 is 5.91 Å². The second-order valence-electron chi connectivity index (χ2n) is 4.43. The fourth-order valence-corrected chi connectivity index (χ4v) is 1.51. The van der Waals surface area contributed by atoms with Crippen molar-refractivity contribution < 1.29 is 9.18 Å². The molecule has 0 saturated heterocycles. The normalized spacial score (nSPS) is 12.2. The smallest absolute Gasteiger partial charge is 0.234 e. The molecule has 1 aromatic rings. The molecule has 1 aromatic carbocycles. The van der Waals surface area contributed by atoms with Crippen LogP contribution in [0.5, 0.6) is 0 Å². The number of carbonyl (C=O) groups excluding carboxylic acids is 1. The van der Waals surface area contributed by atoms with Crippen molar-refractivity contribution in [3.05, 3.63) is 35.6 Å². The summed E-state index contributed by atoms with van der Waals surface area (Å²) in [5.41, 5.74) is 1.06. The highest BCUT2D eigenvalue weighted by molar-refractivity contribution is 5.78. The average molecular weight is 252 g/mol. The molecule has 0 aliphatic rings. The molecule has 0 fully saturated rings. The summed E-state index contributed by atoms with van der Waals surface area (Å²) in [7, 11) is 0. The van der Waals surface area contributed by atoms with Crippen molar-refractivity contribution in [2.24, 2.45) is 0 Å². The van der Waals surface area contributed by atoms with Gasteiger partial charge in [0.1, 0.15) is 5.82 Å². The summed E-state index contributed by atoms with van der Waals surface area (Å²) in [5.74, 6) is -0.205. The first kappa shape index (κ1) is 14.6. The van der Waals surface area contributed by atoms with Gasteiger partial charge in [-0.1, -0.05) is 19.1 Å². The van der Waals surface area contributed by atoms with Crippen LogP contribution in [-0.4, -0.2) is 25.0 Å². The highest BCUT2D eigenvalue weighted by Gasteiger charge is 2.04. The molecule has 2 N–H and O–H groups in total. The van der Waals surface area contributed by atoms with E-state index in [0.29, 0.717) is 13.1 Å². The summed E-state index contributed by atoms with van der Waals surface area (Å²) < 4.78 is 12.7. The van der Waals surface area contributed by atoms with E-state index in [0.717, 1.165) is 18.4 Å². The molecule has 0 radical (unpaired) electrons. The Labute approximate surface area is 108 Å². The van der Waals surface area contributed by atoms with E-state index in [1.807, 2.05) is 13.8 Å². The third-order valence-electron chi connectivity index (χ3n) is 2.81. The molecular weight excluding hydrogens is 231 g/mol. The van der Waals surface area contributed by atoms with Crippen LogP contribution in [0.25, 0.3) is 0 Å². The van der Waals surface area contributed by atoms with Crippen LogP contribution >= 0.6 is 0 Å². The Balaban J connectivity index is 2.15. The number of nitrogens with one attached hydrogen (secondary N) is 2. The molecule has 100 valence electrons. The molecule has 0 saturated carbocycles. The van der Waals surface area contributed by atoms with E-state index in [1.54, 1.807) is 12.1 Å². The molecule has 0 aromatic heterocycles. The van der Waals surface area contributed by atoms with Gasteiger partial charge in [0.25, 0.3) is 0 Å². The van der Waals surface area contributed by atoms with Gasteiger partial charge >= 0.3 is 0 Å². The number of rotatable bonds is 7. The lowest BCUT2D eigenvalue weighted by atomic mass is 10.1. The molecule has 0 bridgehead atoms. The molecule has 1 amide bonds. The Kier molecular flexibility index (Phi) is 6.36. The highest BCUT2D eigenvalue weighted by Crippen LogP contribution is 2.02. The SMILES string of the molecule is CCC(C)NC(=O)CNCCc1ccc(F)cc1. The van der Waals surface area contributed by atoms with Crippen LogP contribution in [0.3, 0.4) is 0 Å². The fraction of sp³-hybridized carbons (Fsp3) is 0.500. The number of amides is 1. The molecule has 0 heterocycles. The molecule has 1 rings (SSSR count). The summed E-state index contributed by atoms with van der Waals surface area (Å²) in [4.78, 5) is 11.4. The van der Waals surface area contributed by atoms with Crippen LogP contribution in [0.1, 0.15) is 25.8 Å². The lowest BCUT2D eigenvalue weighted by Gasteiger charge is -2.11. The maximum Gasteiger partial charge on any atom is 0.234 e. The molecule has 3 nitrogen and oxygen atoms in total. The number of halogens is 1. The van der Waals surface area contributed by atoms with E-state index in [4.69, 9.17) is 0 Å². The van der Waals surface area contributed by atoms with Crippen LogP contribution in [0.2, 0.25) is 0 Å². The third kappa shape index (κ3) is 5.77. The van der Waals surface area contributed by atoms with Gasteiger partial charge in [-0.3, -0.25) is 4.79 Å². The minimum absolute atomic E-state index is 0.0171. The number of hydrogen-bond acceptors (Lipinski definition) is 2. The van der Waals surface area contributed by atoms with Crippen LogP contribution < -0.4 is 10.6 Å². The van der Waals surface area contributed by atoms with Crippen LogP contribution in [0.15, 0.2) is 24.3 Å². The van der Waals surface area contributed by atoms with E-state index < -0.39 is 0 Å². The minimum Gasteiger partial charge on any atom is -0.353 e. The lowest BCUT2D eigenvalue weighted by Crippen LogP contribution is -2.39. The van der Waals surface area contributed by atoms with E-state index in [1.165, 1.54) is 12.1 Å². The van der Waals surface area contributed by atoms with Gasteiger partial charge in [0, 0.05) is 6.04 Å². The first-order chi connectivity index (χ1) is 8.61. The Morgan fingerprint density at radius 1 is 1.33 bits per heavy atom. The van der Waals surface area contributed by atoms with Crippen molar-refractivity contribution in [3.63, 3.8) is 0 Å². The van der Waals surface area contributed by atoms with Crippen molar-refractivity contribution in [3.8, 4) is 0 Å². The van der Waals surface area contributed by atoms with Crippen LogP contribution in [0.4, 0.5) is 4.39 Å². The fourth-order valence-electron chi connectivity index (χ4n) is 1.51. The largest absolute Gasteiger partial charge is 0.353 e. The molecule has 4 heteroatoms. The van der Waals surface area contributed by atoms with Crippen molar-refractivity contribution in [2.75, 3.05) is 13.1 Å². The van der Waals surface area contributed by atoms with Crippen LogP contribution in [0, 0.1) is 5.82 Å². The summed E-state index contributed by atoms with van der Waals surface area (Å²) in [6.07, 6.45) is 1.72. The maximum atomic E-state index is 12.7. The first-order valence-electron chi connectivity index (χ1n) is 6.36. The standard InChI is InChI=1S/C14H21FN2O/c1-3-11(2)17-14(18)10-16-9-8-12-4-6-13(15)7-5-12/h4-7,11,16H,3,8-10H2,1-2H3,(H,17,18). The Hall–Kier alpha value is -1.42. The number of carbonyl (C=O) groups is 1. The zero-order valence-electron chi connectivity index (χ0n) is 11.0. The van der Waals surface area contributed by atoms with Gasteiger partial charge in [0.05, 0.1) is 6.54 Å². The molecule has 0 spiro atoms. The number of hydrogen-bond donors (Lipinski definition) is 2. The molecule has 1 atom stereocenters.